The number of hydrogen-bond donors (Lipinski definition) is 0. The Kier molecular flexibility index (Phi) is 1.56. The van der Waals surface area contributed by atoms with Crippen LogP contribution in [0.2, 0.25) is 0 Å². The van der Waals surface area contributed by atoms with Crippen molar-refractivity contribution >= 4 is 5.78 Å². The van der Waals surface area contributed by atoms with Crippen molar-refractivity contribution in [2.24, 2.45) is 11.3 Å². The van der Waals surface area contributed by atoms with Gasteiger partial charge in [-0.2, -0.15) is 0 Å². The summed E-state index contributed by atoms with van der Waals surface area (Å²) in [5.74, 6) is 3.14. The smallest absolute Gasteiger partial charge is 0.134 e. The van der Waals surface area contributed by atoms with Crippen molar-refractivity contribution in [2.45, 2.75) is 26.7 Å². The molecule has 1 atom stereocenters. The molecule has 54 valence electrons. The molecule has 1 unspecified atom stereocenters. The molecule has 0 aromatic heterocycles. The highest BCUT2D eigenvalue weighted by Gasteiger charge is 2.38. The second kappa shape index (κ2) is 2.12. The van der Waals surface area contributed by atoms with Crippen molar-refractivity contribution in [3.63, 3.8) is 0 Å². The van der Waals surface area contributed by atoms with Gasteiger partial charge < -0.3 is 0 Å². The topological polar surface area (TPSA) is 17.1 Å². The maximum Gasteiger partial charge on any atom is 0.134 e. The lowest BCUT2D eigenvalue weighted by Crippen LogP contribution is -2.15. The number of carbonyl (C=O) groups is 1. The molecular formula is C9H12O. The zero-order valence-corrected chi connectivity index (χ0v) is 6.48. The van der Waals surface area contributed by atoms with Crippen LogP contribution >= 0.6 is 0 Å². The number of ketones is 1. The normalized spacial score (nSPS) is 30.1. The molecule has 1 saturated carbocycles. The average Bonchev–Trinajstić information content (AvgIpc) is 2.04. The fourth-order valence-electron chi connectivity index (χ4n) is 1.49. The van der Waals surface area contributed by atoms with Crippen LogP contribution in [0, 0.1) is 23.7 Å². The molecule has 1 nitrogen and oxygen atoms in total. The van der Waals surface area contributed by atoms with E-state index in [2.05, 4.69) is 19.8 Å². The monoisotopic (exact) mass is 136 g/mol. The van der Waals surface area contributed by atoms with Crippen LogP contribution < -0.4 is 0 Å². The molecular weight excluding hydrogens is 124 g/mol. The molecule has 0 radical (unpaired) electrons. The van der Waals surface area contributed by atoms with Crippen LogP contribution in [0.25, 0.3) is 0 Å². The Balaban J connectivity index is 2.79. The third kappa shape index (κ3) is 1.07. The van der Waals surface area contributed by atoms with Crippen LogP contribution in [0.1, 0.15) is 26.7 Å². The van der Waals surface area contributed by atoms with E-state index in [0.717, 1.165) is 0 Å². The zero-order valence-electron chi connectivity index (χ0n) is 6.48. The number of terminal acetylenes is 1. The molecule has 0 aromatic carbocycles. The number of carbonyl (C=O) groups excluding carboxylic acids is 1. The minimum atomic E-state index is 0.0475. The lowest BCUT2D eigenvalue weighted by Gasteiger charge is -2.20. The average molecular weight is 136 g/mol. The van der Waals surface area contributed by atoms with Gasteiger partial charge in [-0.25, -0.2) is 0 Å². The van der Waals surface area contributed by atoms with E-state index in [4.69, 9.17) is 6.42 Å². The molecule has 1 fully saturated rings. The zero-order chi connectivity index (χ0) is 7.78. The Morgan fingerprint density at radius 3 is 2.50 bits per heavy atom. The van der Waals surface area contributed by atoms with E-state index in [9.17, 15) is 4.79 Å². The Hall–Kier alpha value is -0.770. The summed E-state index contributed by atoms with van der Waals surface area (Å²) in [7, 11) is 0. The van der Waals surface area contributed by atoms with Gasteiger partial charge in [0.1, 0.15) is 5.78 Å². The highest BCUT2D eigenvalue weighted by atomic mass is 16.1. The fourth-order valence-corrected chi connectivity index (χ4v) is 1.49. The van der Waals surface area contributed by atoms with Gasteiger partial charge in [-0.3, -0.25) is 4.79 Å². The van der Waals surface area contributed by atoms with Crippen LogP contribution in [0.15, 0.2) is 0 Å². The molecule has 0 bridgehead atoms. The lowest BCUT2D eigenvalue weighted by molar-refractivity contribution is -0.117. The molecule has 0 aliphatic heterocycles. The van der Waals surface area contributed by atoms with Crippen LogP contribution in [-0.2, 0) is 4.79 Å². The summed E-state index contributed by atoms with van der Waals surface area (Å²) in [6, 6.07) is 0. The predicted octanol–water partition coefficient (Wildman–Crippen LogP) is 1.62. The summed E-state index contributed by atoms with van der Waals surface area (Å²) < 4.78 is 0. The van der Waals surface area contributed by atoms with Crippen molar-refractivity contribution in [3.05, 3.63) is 0 Å². The van der Waals surface area contributed by atoms with Crippen LogP contribution in [-0.4, -0.2) is 5.78 Å². The van der Waals surface area contributed by atoms with Gasteiger partial charge >= 0.3 is 0 Å². The second-order valence-corrected chi connectivity index (χ2v) is 3.63. The van der Waals surface area contributed by atoms with E-state index in [1.807, 2.05) is 0 Å². The van der Waals surface area contributed by atoms with E-state index in [1.54, 1.807) is 0 Å². The van der Waals surface area contributed by atoms with Crippen LogP contribution in [0.3, 0.4) is 0 Å². The molecule has 0 N–H and O–H groups in total. The Labute approximate surface area is 61.8 Å². The Morgan fingerprint density at radius 2 is 2.30 bits per heavy atom. The summed E-state index contributed by atoms with van der Waals surface area (Å²) in [4.78, 5) is 10.9. The van der Waals surface area contributed by atoms with Gasteiger partial charge in [0, 0.05) is 18.8 Å². The van der Waals surface area contributed by atoms with Crippen molar-refractivity contribution in [1.29, 1.82) is 0 Å². The van der Waals surface area contributed by atoms with Crippen molar-refractivity contribution in [1.82, 2.24) is 0 Å². The highest BCUT2D eigenvalue weighted by molar-refractivity contribution is 5.82. The number of hydrogen-bond acceptors (Lipinski definition) is 1. The van der Waals surface area contributed by atoms with E-state index in [0.29, 0.717) is 18.6 Å². The molecule has 1 aliphatic carbocycles. The molecule has 0 saturated heterocycles. The summed E-state index contributed by atoms with van der Waals surface area (Å²) >= 11 is 0. The second-order valence-electron chi connectivity index (χ2n) is 3.63. The molecule has 0 aromatic rings. The van der Waals surface area contributed by atoms with E-state index in [-0.39, 0.29) is 11.3 Å². The van der Waals surface area contributed by atoms with Gasteiger partial charge in [-0.1, -0.05) is 13.8 Å². The minimum Gasteiger partial charge on any atom is -0.300 e. The standard InChI is InChI=1S/C9H12O/c1-4-7-5-8(10)6-9(7,2)3/h1,7H,5-6H2,2-3H3. The predicted molar refractivity (Wildman–Crippen MR) is 40.3 cm³/mol. The molecule has 0 spiro atoms. The van der Waals surface area contributed by atoms with Crippen molar-refractivity contribution in [3.8, 4) is 12.3 Å². The molecule has 0 amide bonds. The lowest BCUT2D eigenvalue weighted by atomic mass is 9.83. The van der Waals surface area contributed by atoms with Crippen LogP contribution in [0.4, 0.5) is 0 Å². The first kappa shape index (κ1) is 7.34. The van der Waals surface area contributed by atoms with Gasteiger partial charge in [0.2, 0.25) is 0 Å². The molecule has 1 rings (SSSR count). The van der Waals surface area contributed by atoms with Crippen LogP contribution in [0.5, 0.6) is 0 Å². The fraction of sp³-hybridized carbons (Fsp3) is 0.667. The highest BCUT2D eigenvalue weighted by Crippen LogP contribution is 2.39. The first-order chi connectivity index (χ1) is 4.56. The molecule has 1 aliphatic rings. The maximum atomic E-state index is 10.9. The summed E-state index contributed by atoms with van der Waals surface area (Å²) in [5, 5.41) is 0. The van der Waals surface area contributed by atoms with Crippen molar-refractivity contribution in [2.75, 3.05) is 0 Å². The van der Waals surface area contributed by atoms with Gasteiger partial charge in [-0.15, -0.1) is 12.3 Å². The first-order valence-corrected chi connectivity index (χ1v) is 3.54. The Morgan fingerprint density at radius 1 is 1.70 bits per heavy atom. The number of Topliss-reactive ketones (excluding diaryl/α,β-unsaturated/α-hetero) is 1. The third-order valence-electron chi connectivity index (χ3n) is 2.23. The van der Waals surface area contributed by atoms with E-state index < -0.39 is 0 Å². The molecule has 10 heavy (non-hydrogen) atoms. The van der Waals surface area contributed by atoms with Gasteiger partial charge in [0.25, 0.3) is 0 Å². The minimum absolute atomic E-state index is 0.0475. The Bertz CT molecular complexity index is 195. The van der Waals surface area contributed by atoms with E-state index >= 15 is 0 Å². The van der Waals surface area contributed by atoms with Crippen molar-refractivity contribution < 1.29 is 4.79 Å². The van der Waals surface area contributed by atoms with E-state index in [1.165, 1.54) is 0 Å². The SMILES string of the molecule is C#CC1CC(=O)CC1(C)C. The molecule has 0 heterocycles. The summed E-state index contributed by atoms with van der Waals surface area (Å²) in [5.41, 5.74) is 0.0475. The largest absolute Gasteiger partial charge is 0.300 e. The first-order valence-electron chi connectivity index (χ1n) is 3.54. The maximum absolute atomic E-state index is 10.9. The quantitative estimate of drug-likeness (QED) is 0.462. The van der Waals surface area contributed by atoms with Gasteiger partial charge in [0.05, 0.1) is 0 Å². The van der Waals surface area contributed by atoms with Gasteiger partial charge in [0.15, 0.2) is 0 Å². The molecule has 1 heteroatoms. The summed E-state index contributed by atoms with van der Waals surface area (Å²) in [6.45, 7) is 4.12. The van der Waals surface area contributed by atoms with Gasteiger partial charge in [-0.05, 0) is 5.41 Å². The third-order valence-corrected chi connectivity index (χ3v) is 2.23. The summed E-state index contributed by atoms with van der Waals surface area (Å²) in [6.07, 6.45) is 6.51. The number of rotatable bonds is 0.